The largest absolute Gasteiger partial charge is 0.465 e. The third-order valence-corrected chi connectivity index (χ3v) is 0.955. The van der Waals surface area contributed by atoms with E-state index in [1.165, 1.54) is 18.4 Å². The van der Waals surface area contributed by atoms with Crippen molar-refractivity contribution in [2.45, 2.75) is 0 Å². The summed E-state index contributed by atoms with van der Waals surface area (Å²) in [6.07, 6.45) is 4.29. The number of amides is 1. The van der Waals surface area contributed by atoms with Gasteiger partial charge in [-0.2, -0.15) is 0 Å². The van der Waals surface area contributed by atoms with Crippen LogP contribution in [0, 0.1) is 0 Å². The first-order valence-electron chi connectivity index (χ1n) is 2.80. The molecule has 0 aromatic carbocycles. The van der Waals surface area contributed by atoms with Crippen LogP contribution in [0.1, 0.15) is 5.76 Å². The van der Waals surface area contributed by atoms with Crippen molar-refractivity contribution in [3.05, 3.63) is 30.2 Å². The van der Waals surface area contributed by atoms with E-state index in [0.29, 0.717) is 5.76 Å². The van der Waals surface area contributed by atoms with Gasteiger partial charge < -0.3 is 10.2 Å². The molecule has 1 heterocycles. The summed E-state index contributed by atoms with van der Waals surface area (Å²) >= 11 is 0. The van der Waals surface area contributed by atoms with E-state index in [0.717, 1.165) is 0 Å². The standard InChI is InChI=1S/C7H7NO2/c8-7(9)4-3-6-2-1-5-10-6/h1-5H,(H2,8,9)/b4-3-. The molecule has 1 rings (SSSR count). The minimum absolute atomic E-state index is 0.476. The first-order chi connectivity index (χ1) is 4.79. The molecular formula is C7H7NO2. The molecule has 0 fully saturated rings. The molecule has 0 aliphatic rings. The summed E-state index contributed by atoms with van der Waals surface area (Å²) in [6.45, 7) is 0. The highest BCUT2D eigenvalue weighted by molar-refractivity contribution is 5.89. The third-order valence-electron chi connectivity index (χ3n) is 0.955. The fourth-order valence-electron chi connectivity index (χ4n) is 0.550. The summed E-state index contributed by atoms with van der Waals surface area (Å²) in [5, 5.41) is 0. The molecular weight excluding hydrogens is 130 g/mol. The molecule has 3 heteroatoms. The molecule has 0 aliphatic heterocycles. The van der Waals surface area contributed by atoms with Gasteiger partial charge in [-0.1, -0.05) is 0 Å². The number of hydrogen-bond donors (Lipinski definition) is 1. The Morgan fingerprint density at radius 2 is 2.50 bits per heavy atom. The maximum absolute atomic E-state index is 10.2. The van der Waals surface area contributed by atoms with Crippen LogP contribution >= 0.6 is 0 Å². The van der Waals surface area contributed by atoms with Gasteiger partial charge in [-0.05, 0) is 18.2 Å². The quantitative estimate of drug-likeness (QED) is 0.612. The average Bonchev–Trinajstić information content (AvgIpc) is 2.34. The van der Waals surface area contributed by atoms with Crippen molar-refractivity contribution in [1.29, 1.82) is 0 Å². The predicted octanol–water partition coefficient (Wildman–Crippen LogP) is 0.778. The molecule has 2 N–H and O–H groups in total. The summed E-state index contributed by atoms with van der Waals surface area (Å²) in [4.78, 5) is 10.2. The van der Waals surface area contributed by atoms with E-state index in [1.807, 2.05) is 0 Å². The van der Waals surface area contributed by atoms with Gasteiger partial charge in [0, 0.05) is 6.08 Å². The number of carbonyl (C=O) groups excluding carboxylic acids is 1. The fraction of sp³-hybridized carbons (Fsp3) is 0. The highest BCUT2D eigenvalue weighted by Gasteiger charge is 1.87. The van der Waals surface area contributed by atoms with Crippen LogP contribution in [-0.2, 0) is 4.79 Å². The van der Waals surface area contributed by atoms with E-state index in [2.05, 4.69) is 0 Å². The number of furan rings is 1. The van der Waals surface area contributed by atoms with Gasteiger partial charge in [0.25, 0.3) is 0 Å². The topological polar surface area (TPSA) is 56.2 Å². The molecule has 0 spiro atoms. The van der Waals surface area contributed by atoms with E-state index in [-0.39, 0.29) is 0 Å². The average molecular weight is 137 g/mol. The molecule has 0 aliphatic carbocycles. The van der Waals surface area contributed by atoms with E-state index in [4.69, 9.17) is 10.2 Å². The van der Waals surface area contributed by atoms with Crippen molar-refractivity contribution in [2.24, 2.45) is 5.73 Å². The van der Waals surface area contributed by atoms with Gasteiger partial charge in [-0.25, -0.2) is 0 Å². The van der Waals surface area contributed by atoms with Crippen LogP contribution in [0.4, 0.5) is 0 Å². The summed E-state index contributed by atoms with van der Waals surface area (Å²) in [5.74, 6) is 0.148. The Labute approximate surface area is 58.1 Å². The molecule has 0 saturated heterocycles. The van der Waals surface area contributed by atoms with Gasteiger partial charge in [0.15, 0.2) is 0 Å². The van der Waals surface area contributed by atoms with Gasteiger partial charge in [0.05, 0.1) is 6.26 Å². The zero-order valence-electron chi connectivity index (χ0n) is 5.28. The summed E-state index contributed by atoms with van der Waals surface area (Å²) in [6, 6.07) is 3.47. The maximum atomic E-state index is 10.2. The first-order valence-corrected chi connectivity index (χ1v) is 2.80. The van der Waals surface area contributed by atoms with E-state index in [9.17, 15) is 4.79 Å². The molecule has 0 bridgehead atoms. The van der Waals surface area contributed by atoms with Crippen LogP contribution in [0.5, 0.6) is 0 Å². The van der Waals surface area contributed by atoms with Gasteiger partial charge in [-0.3, -0.25) is 4.79 Å². The molecule has 1 amide bonds. The Kier molecular flexibility index (Phi) is 1.89. The lowest BCUT2D eigenvalue weighted by atomic mass is 10.4. The molecule has 0 radical (unpaired) electrons. The van der Waals surface area contributed by atoms with Gasteiger partial charge >= 0.3 is 0 Å². The zero-order chi connectivity index (χ0) is 7.40. The van der Waals surface area contributed by atoms with Crippen molar-refractivity contribution in [3.63, 3.8) is 0 Å². The minimum Gasteiger partial charge on any atom is -0.465 e. The highest BCUT2D eigenvalue weighted by atomic mass is 16.3. The Morgan fingerprint density at radius 3 is 3.00 bits per heavy atom. The second kappa shape index (κ2) is 2.87. The fourth-order valence-corrected chi connectivity index (χ4v) is 0.550. The molecule has 10 heavy (non-hydrogen) atoms. The van der Waals surface area contributed by atoms with Gasteiger partial charge in [0.1, 0.15) is 5.76 Å². The zero-order valence-corrected chi connectivity index (χ0v) is 5.28. The van der Waals surface area contributed by atoms with Crippen LogP contribution in [0.3, 0.4) is 0 Å². The molecule has 1 aromatic rings. The number of hydrogen-bond acceptors (Lipinski definition) is 2. The molecule has 52 valence electrons. The Morgan fingerprint density at radius 1 is 1.70 bits per heavy atom. The predicted molar refractivity (Wildman–Crippen MR) is 36.9 cm³/mol. The minimum atomic E-state index is -0.476. The van der Waals surface area contributed by atoms with Crippen molar-refractivity contribution < 1.29 is 9.21 Å². The molecule has 0 unspecified atom stereocenters. The first kappa shape index (κ1) is 6.61. The lowest BCUT2D eigenvalue weighted by molar-refractivity contribution is -0.113. The molecule has 3 nitrogen and oxygen atoms in total. The van der Waals surface area contributed by atoms with E-state index >= 15 is 0 Å². The Balaban J connectivity index is 2.64. The lowest BCUT2D eigenvalue weighted by Gasteiger charge is -1.79. The number of nitrogens with two attached hydrogens (primary N) is 1. The van der Waals surface area contributed by atoms with Crippen molar-refractivity contribution in [1.82, 2.24) is 0 Å². The molecule has 0 saturated carbocycles. The second-order valence-corrected chi connectivity index (χ2v) is 1.75. The summed E-state index contributed by atoms with van der Waals surface area (Å²) < 4.78 is 4.89. The molecule has 1 aromatic heterocycles. The maximum Gasteiger partial charge on any atom is 0.241 e. The van der Waals surface area contributed by atoms with Crippen LogP contribution in [-0.4, -0.2) is 5.91 Å². The summed E-state index contributed by atoms with van der Waals surface area (Å²) in [5.41, 5.74) is 4.84. The SMILES string of the molecule is NC(=O)/C=C\c1ccco1. The summed E-state index contributed by atoms with van der Waals surface area (Å²) in [7, 11) is 0. The normalized spacial score (nSPS) is 10.4. The van der Waals surface area contributed by atoms with Gasteiger partial charge in [-0.15, -0.1) is 0 Å². The Bertz CT molecular complexity index is 236. The number of primary amides is 1. The Hall–Kier alpha value is -1.51. The number of carbonyl (C=O) groups is 1. The van der Waals surface area contributed by atoms with Crippen LogP contribution in [0.25, 0.3) is 6.08 Å². The van der Waals surface area contributed by atoms with Crippen LogP contribution in [0.15, 0.2) is 28.9 Å². The van der Waals surface area contributed by atoms with Crippen molar-refractivity contribution in [3.8, 4) is 0 Å². The van der Waals surface area contributed by atoms with Crippen molar-refractivity contribution in [2.75, 3.05) is 0 Å². The van der Waals surface area contributed by atoms with Gasteiger partial charge in [0.2, 0.25) is 5.91 Å². The van der Waals surface area contributed by atoms with Crippen molar-refractivity contribution >= 4 is 12.0 Å². The van der Waals surface area contributed by atoms with E-state index < -0.39 is 5.91 Å². The van der Waals surface area contributed by atoms with Crippen LogP contribution < -0.4 is 5.73 Å². The third kappa shape index (κ3) is 1.78. The second-order valence-electron chi connectivity index (χ2n) is 1.75. The lowest BCUT2D eigenvalue weighted by Crippen LogP contribution is -2.04. The molecule has 0 atom stereocenters. The number of rotatable bonds is 2. The highest BCUT2D eigenvalue weighted by Crippen LogP contribution is 2.00. The smallest absolute Gasteiger partial charge is 0.241 e. The van der Waals surface area contributed by atoms with E-state index in [1.54, 1.807) is 12.1 Å². The monoisotopic (exact) mass is 137 g/mol. The van der Waals surface area contributed by atoms with Crippen LogP contribution in [0.2, 0.25) is 0 Å².